The Bertz CT molecular complexity index is 349. The van der Waals surface area contributed by atoms with Crippen molar-refractivity contribution in [1.82, 2.24) is 5.43 Å². The number of nitrogens with two attached hydrogens (primary N) is 1. The van der Waals surface area contributed by atoms with Gasteiger partial charge in [-0.15, -0.1) is 0 Å². The van der Waals surface area contributed by atoms with Gasteiger partial charge in [-0.05, 0) is 24.5 Å². The molecule has 1 amide bonds. The van der Waals surface area contributed by atoms with Crippen molar-refractivity contribution >= 4 is 5.91 Å². The third-order valence-corrected chi connectivity index (χ3v) is 2.66. The summed E-state index contributed by atoms with van der Waals surface area (Å²) in [4.78, 5) is 11.1. The van der Waals surface area contributed by atoms with Crippen LogP contribution in [0.5, 0.6) is 0 Å². The monoisotopic (exact) mass is 236 g/mol. The minimum Gasteiger partial charge on any atom is -0.374 e. The number of benzene rings is 1. The van der Waals surface area contributed by atoms with Gasteiger partial charge in [-0.2, -0.15) is 0 Å². The maximum atomic E-state index is 11.1. The molecular weight excluding hydrogens is 216 g/mol. The molecule has 0 aliphatic rings. The van der Waals surface area contributed by atoms with Crippen molar-refractivity contribution in [2.24, 2.45) is 5.84 Å². The second-order valence-electron chi connectivity index (χ2n) is 4.09. The van der Waals surface area contributed by atoms with E-state index in [9.17, 15) is 4.79 Å². The molecule has 3 N–H and O–H groups in total. The van der Waals surface area contributed by atoms with Crippen LogP contribution in [0.3, 0.4) is 0 Å². The van der Waals surface area contributed by atoms with Crippen molar-refractivity contribution in [3.05, 3.63) is 35.4 Å². The van der Waals surface area contributed by atoms with Crippen LogP contribution in [-0.2, 0) is 22.6 Å². The molecule has 94 valence electrons. The minimum atomic E-state index is -0.186. The Hall–Kier alpha value is -1.39. The summed E-state index contributed by atoms with van der Waals surface area (Å²) in [6.07, 6.45) is 1.59. The van der Waals surface area contributed by atoms with Crippen molar-refractivity contribution in [1.29, 1.82) is 0 Å². The quantitative estimate of drug-likeness (QED) is 0.447. The lowest BCUT2D eigenvalue weighted by atomic mass is 10.1. The summed E-state index contributed by atoms with van der Waals surface area (Å²) < 4.78 is 5.62. The Morgan fingerprint density at radius 2 is 1.94 bits per heavy atom. The van der Waals surface area contributed by atoms with Crippen molar-refractivity contribution in [2.75, 3.05) is 0 Å². The van der Waals surface area contributed by atoms with Crippen molar-refractivity contribution in [3.63, 3.8) is 0 Å². The van der Waals surface area contributed by atoms with Crippen LogP contribution in [0.2, 0.25) is 0 Å². The normalized spacial score (nSPS) is 12.2. The number of rotatable bonds is 6. The molecule has 0 saturated heterocycles. The second kappa shape index (κ2) is 7.04. The third-order valence-electron chi connectivity index (χ3n) is 2.66. The Morgan fingerprint density at radius 1 is 1.35 bits per heavy atom. The second-order valence-corrected chi connectivity index (χ2v) is 4.09. The molecule has 0 fully saturated rings. The van der Waals surface area contributed by atoms with Crippen LogP contribution < -0.4 is 11.3 Å². The minimum absolute atomic E-state index is 0.186. The van der Waals surface area contributed by atoms with Crippen LogP contribution in [0.1, 0.15) is 31.4 Å². The van der Waals surface area contributed by atoms with E-state index >= 15 is 0 Å². The van der Waals surface area contributed by atoms with E-state index in [0.717, 1.165) is 17.5 Å². The van der Waals surface area contributed by atoms with E-state index in [0.29, 0.717) is 13.0 Å². The number of carbonyl (C=O) groups is 1. The van der Waals surface area contributed by atoms with E-state index in [1.807, 2.05) is 24.3 Å². The topological polar surface area (TPSA) is 64.3 Å². The molecule has 1 aromatic carbocycles. The van der Waals surface area contributed by atoms with Crippen molar-refractivity contribution in [2.45, 2.75) is 39.4 Å². The molecule has 1 unspecified atom stereocenters. The van der Waals surface area contributed by atoms with Gasteiger partial charge in [0.15, 0.2) is 0 Å². The molecule has 0 aliphatic carbocycles. The Labute approximate surface area is 102 Å². The van der Waals surface area contributed by atoms with Gasteiger partial charge in [-0.3, -0.25) is 10.2 Å². The molecule has 1 rings (SSSR count). The van der Waals surface area contributed by atoms with Crippen LogP contribution in [0, 0.1) is 0 Å². The summed E-state index contributed by atoms with van der Waals surface area (Å²) in [5.41, 5.74) is 4.17. The van der Waals surface area contributed by atoms with Gasteiger partial charge in [0, 0.05) is 0 Å². The predicted octanol–water partition coefficient (Wildman–Crippen LogP) is 1.53. The van der Waals surface area contributed by atoms with Crippen LogP contribution in [0.4, 0.5) is 0 Å². The van der Waals surface area contributed by atoms with Crippen LogP contribution in [-0.4, -0.2) is 12.0 Å². The smallest absolute Gasteiger partial charge is 0.238 e. The first-order valence-corrected chi connectivity index (χ1v) is 5.84. The largest absolute Gasteiger partial charge is 0.374 e. The third kappa shape index (κ3) is 4.97. The lowest BCUT2D eigenvalue weighted by Gasteiger charge is -2.10. The van der Waals surface area contributed by atoms with E-state index in [1.165, 1.54) is 0 Å². The Morgan fingerprint density at radius 3 is 2.47 bits per heavy atom. The van der Waals surface area contributed by atoms with Gasteiger partial charge >= 0.3 is 0 Å². The molecule has 0 spiro atoms. The van der Waals surface area contributed by atoms with Gasteiger partial charge in [0.25, 0.3) is 0 Å². The fourth-order valence-electron chi connectivity index (χ4n) is 1.35. The van der Waals surface area contributed by atoms with Crippen LogP contribution in [0.15, 0.2) is 24.3 Å². The molecule has 0 aromatic heterocycles. The van der Waals surface area contributed by atoms with Gasteiger partial charge in [-0.1, -0.05) is 31.2 Å². The van der Waals surface area contributed by atoms with Gasteiger partial charge in [0.2, 0.25) is 5.91 Å². The standard InChI is InChI=1S/C13H20N2O2/c1-3-10(2)17-9-12-6-4-11(5-7-12)8-13(16)15-14/h4-7,10H,3,8-9,14H2,1-2H3,(H,15,16). The molecule has 0 bridgehead atoms. The molecule has 1 atom stereocenters. The van der Waals surface area contributed by atoms with Crippen LogP contribution in [0.25, 0.3) is 0 Å². The van der Waals surface area contributed by atoms with Gasteiger partial charge in [0.05, 0.1) is 19.1 Å². The van der Waals surface area contributed by atoms with E-state index in [1.54, 1.807) is 0 Å². The van der Waals surface area contributed by atoms with E-state index in [4.69, 9.17) is 10.6 Å². The van der Waals surface area contributed by atoms with Gasteiger partial charge < -0.3 is 4.74 Å². The lowest BCUT2D eigenvalue weighted by molar-refractivity contribution is -0.120. The number of ether oxygens (including phenoxy) is 1. The molecule has 0 heterocycles. The summed E-state index contributed by atoms with van der Waals surface area (Å²) in [6, 6.07) is 7.79. The van der Waals surface area contributed by atoms with Gasteiger partial charge in [-0.25, -0.2) is 5.84 Å². The first kappa shape index (κ1) is 13.7. The summed E-state index contributed by atoms with van der Waals surface area (Å²) >= 11 is 0. The molecular formula is C13H20N2O2. The zero-order valence-electron chi connectivity index (χ0n) is 10.4. The Kier molecular flexibility index (Phi) is 5.66. The van der Waals surface area contributed by atoms with E-state index in [2.05, 4.69) is 19.3 Å². The zero-order chi connectivity index (χ0) is 12.7. The molecule has 1 aromatic rings. The summed E-state index contributed by atoms with van der Waals surface area (Å²) in [5, 5.41) is 0. The summed E-state index contributed by atoms with van der Waals surface area (Å²) in [6.45, 7) is 4.76. The highest BCUT2D eigenvalue weighted by Gasteiger charge is 2.02. The number of nitrogens with one attached hydrogen (secondary N) is 1. The van der Waals surface area contributed by atoms with Crippen LogP contribution >= 0.6 is 0 Å². The molecule has 4 nitrogen and oxygen atoms in total. The number of carbonyl (C=O) groups excluding carboxylic acids is 1. The van der Waals surface area contributed by atoms with Crippen molar-refractivity contribution in [3.8, 4) is 0 Å². The molecule has 0 saturated carbocycles. The number of hydrazine groups is 1. The van der Waals surface area contributed by atoms with E-state index in [-0.39, 0.29) is 12.0 Å². The highest BCUT2D eigenvalue weighted by Crippen LogP contribution is 2.08. The molecule has 0 radical (unpaired) electrons. The van der Waals surface area contributed by atoms with Gasteiger partial charge in [0.1, 0.15) is 0 Å². The highest BCUT2D eigenvalue weighted by atomic mass is 16.5. The number of hydrogen-bond acceptors (Lipinski definition) is 3. The summed E-state index contributed by atoms with van der Waals surface area (Å²) in [5.74, 6) is 4.84. The highest BCUT2D eigenvalue weighted by molar-refractivity contribution is 5.77. The molecule has 17 heavy (non-hydrogen) atoms. The Balaban J connectivity index is 2.47. The average Bonchev–Trinajstić information content (AvgIpc) is 2.37. The molecule has 4 heteroatoms. The maximum absolute atomic E-state index is 11.1. The predicted molar refractivity (Wildman–Crippen MR) is 67.0 cm³/mol. The average molecular weight is 236 g/mol. The first-order valence-electron chi connectivity index (χ1n) is 5.84. The SMILES string of the molecule is CCC(C)OCc1ccc(CC(=O)NN)cc1. The fourth-order valence-corrected chi connectivity index (χ4v) is 1.35. The molecule has 0 aliphatic heterocycles. The zero-order valence-corrected chi connectivity index (χ0v) is 10.4. The summed E-state index contributed by atoms with van der Waals surface area (Å²) in [7, 11) is 0. The number of amides is 1. The van der Waals surface area contributed by atoms with Crippen molar-refractivity contribution < 1.29 is 9.53 Å². The van der Waals surface area contributed by atoms with E-state index < -0.39 is 0 Å². The lowest BCUT2D eigenvalue weighted by Crippen LogP contribution is -2.31. The fraction of sp³-hybridized carbons (Fsp3) is 0.462. The number of hydrogen-bond donors (Lipinski definition) is 2. The maximum Gasteiger partial charge on any atom is 0.238 e. The first-order chi connectivity index (χ1) is 8.15.